The molecule has 29 heavy (non-hydrogen) atoms. The maximum atomic E-state index is 10.3. The quantitative estimate of drug-likeness (QED) is 0.492. The average Bonchev–Trinajstić information content (AvgIpc) is 3.43. The Morgan fingerprint density at radius 2 is 1.97 bits per heavy atom. The maximum Gasteiger partial charge on any atom is 0.107 e. The van der Waals surface area contributed by atoms with Crippen LogP contribution in [0.2, 0.25) is 0 Å². The van der Waals surface area contributed by atoms with E-state index < -0.39 is 6.10 Å². The molecule has 156 valence electrons. The molecular formula is C25H34N2O2. The molecule has 0 saturated heterocycles. The van der Waals surface area contributed by atoms with Crippen molar-refractivity contribution in [3.8, 4) is 12.3 Å². The van der Waals surface area contributed by atoms with Crippen LogP contribution >= 0.6 is 0 Å². The number of rotatable bonds is 10. The largest absolute Gasteiger partial charge is 0.389 e. The molecule has 1 aliphatic rings. The molecular weight excluding hydrogens is 360 g/mol. The van der Waals surface area contributed by atoms with Gasteiger partial charge in [-0.05, 0) is 41.5 Å². The molecule has 0 bridgehead atoms. The van der Waals surface area contributed by atoms with Gasteiger partial charge >= 0.3 is 0 Å². The smallest absolute Gasteiger partial charge is 0.107 e. The molecule has 1 saturated carbocycles. The van der Waals surface area contributed by atoms with Gasteiger partial charge in [-0.3, -0.25) is 4.90 Å². The van der Waals surface area contributed by atoms with Crippen LogP contribution in [0.15, 0.2) is 42.6 Å². The fourth-order valence-corrected chi connectivity index (χ4v) is 3.62. The van der Waals surface area contributed by atoms with E-state index in [1.165, 1.54) is 29.7 Å². The van der Waals surface area contributed by atoms with Crippen molar-refractivity contribution >= 4 is 0 Å². The van der Waals surface area contributed by atoms with Crippen LogP contribution in [0.3, 0.4) is 0 Å². The van der Waals surface area contributed by atoms with Crippen molar-refractivity contribution in [3.63, 3.8) is 0 Å². The summed E-state index contributed by atoms with van der Waals surface area (Å²) in [7, 11) is 0. The van der Waals surface area contributed by atoms with E-state index in [1.54, 1.807) is 0 Å². The van der Waals surface area contributed by atoms with E-state index in [2.05, 4.69) is 78.8 Å². The SMILES string of the molecule is C#CCOCC(O)CN(Cc1cccn1Cc1ccc(C(C)(C)C)cc1)C1CC1. The van der Waals surface area contributed by atoms with Crippen LogP contribution in [0.5, 0.6) is 0 Å². The first-order valence-electron chi connectivity index (χ1n) is 10.5. The molecule has 1 N–H and O–H groups in total. The lowest BCUT2D eigenvalue weighted by Gasteiger charge is -2.25. The van der Waals surface area contributed by atoms with Crippen molar-refractivity contribution in [2.75, 3.05) is 19.8 Å². The molecule has 1 heterocycles. The zero-order chi connectivity index (χ0) is 20.9. The highest BCUT2D eigenvalue weighted by molar-refractivity contribution is 5.28. The molecule has 1 aliphatic carbocycles. The summed E-state index contributed by atoms with van der Waals surface area (Å²) >= 11 is 0. The Morgan fingerprint density at radius 1 is 1.24 bits per heavy atom. The van der Waals surface area contributed by atoms with Gasteiger partial charge in [0.15, 0.2) is 0 Å². The Hall–Kier alpha value is -2.06. The highest BCUT2D eigenvalue weighted by atomic mass is 16.5. The van der Waals surface area contributed by atoms with Crippen molar-refractivity contribution < 1.29 is 9.84 Å². The maximum absolute atomic E-state index is 10.3. The summed E-state index contributed by atoms with van der Waals surface area (Å²) in [5.74, 6) is 2.44. The van der Waals surface area contributed by atoms with Crippen LogP contribution in [-0.2, 0) is 23.2 Å². The van der Waals surface area contributed by atoms with Gasteiger partial charge in [-0.2, -0.15) is 0 Å². The lowest BCUT2D eigenvalue weighted by Crippen LogP contribution is -2.36. The molecule has 0 spiro atoms. The Kier molecular flexibility index (Phi) is 7.18. The van der Waals surface area contributed by atoms with E-state index in [4.69, 9.17) is 11.2 Å². The van der Waals surface area contributed by atoms with Gasteiger partial charge in [0, 0.05) is 37.6 Å². The van der Waals surface area contributed by atoms with Crippen molar-refractivity contribution in [2.45, 2.75) is 64.3 Å². The number of terminal acetylenes is 1. The molecule has 1 aromatic carbocycles. The first kappa shape index (κ1) is 21.6. The monoisotopic (exact) mass is 394 g/mol. The van der Waals surface area contributed by atoms with Gasteiger partial charge in [0.05, 0.1) is 12.7 Å². The zero-order valence-electron chi connectivity index (χ0n) is 18.0. The number of ether oxygens (including phenoxy) is 1. The molecule has 0 aliphatic heterocycles. The Labute approximate surface area is 175 Å². The van der Waals surface area contributed by atoms with Gasteiger partial charge in [-0.1, -0.05) is 51.0 Å². The summed E-state index contributed by atoms with van der Waals surface area (Å²) in [6, 6.07) is 13.8. The van der Waals surface area contributed by atoms with Crippen molar-refractivity contribution in [1.29, 1.82) is 0 Å². The molecule has 3 rings (SSSR count). The van der Waals surface area contributed by atoms with Gasteiger partial charge < -0.3 is 14.4 Å². The third-order valence-electron chi connectivity index (χ3n) is 5.47. The molecule has 4 nitrogen and oxygen atoms in total. The third-order valence-corrected chi connectivity index (χ3v) is 5.47. The molecule has 1 unspecified atom stereocenters. The minimum Gasteiger partial charge on any atom is -0.389 e. The van der Waals surface area contributed by atoms with Crippen LogP contribution in [0.25, 0.3) is 0 Å². The minimum atomic E-state index is -0.516. The van der Waals surface area contributed by atoms with Crippen molar-refractivity contribution in [2.24, 2.45) is 0 Å². The van der Waals surface area contributed by atoms with Crippen molar-refractivity contribution in [3.05, 3.63) is 59.4 Å². The van der Waals surface area contributed by atoms with Crippen LogP contribution < -0.4 is 0 Å². The van der Waals surface area contributed by atoms with Crippen LogP contribution in [0.1, 0.15) is 50.4 Å². The fourth-order valence-electron chi connectivity index (χ4n) is 3.62. The third kappa shape index (κ3) is 6.47. The molecule has 2 aromatic rings. The molecule has 1 atom stereocenters. The minimum absolute atomic E-state index is 0.173. The molecule has 0 amide bonds. The molecule has 1 fully saturated rings. The van der Waals surface area contributed by atoms with E-state index >= 15 is 0 Å². The first-order chi connectivity index (χ1) is 13.9. The highest BCUT2D eigenvalue weighted by Gasteiger charge is 2.30. The summed E-state index contributed by atoms with van der Waals surface area (Å²) in [6.45, 7) is 9.56. The van der Waals surface area contributed by atoms with Gasteiger partial charge in [-0.25, -0.2) is 0 Å². The molecule has 4 heteroatoms. The highest BCUT2D eigenvalue weighted by Crippen LogP contribution is 2.29. The van der Waals surface area contributed by atoms with Gasteiger partial charge in [0.2, 0.25) is 0 Å². The number of aliphatic hydroxyl groups excluding tert-OH is 1. The standard InChI is InChI=1S/C25H34N2O2/c1-5-15-29-19-24(28)18-27(22-12-13-22)17-23-7-6-14-26(23)16-20-8-10-21(11-9-20)25(2,3)4/h1,6-11,14,22,24,28H,12-13,15-19H2,2-4H3. The number of nitrogens with zero attached hydrogens (tertiary/aromatic N) is 2. The van der Waals surface area contributed by atoms with Crippen molar-refractivity contribution in [1.82, 2.24) is 9.47 Å². The van der Waals surface area contributed by atoms with Crippen LogP contribution in [0.4, 0.5) is 0 Å². The van der Waals surface area contributed by atoms with Gasteiger partial charge in [0.1, 0.15) is 6.61 Å². The van der Waals surface area contributed by atoms with E-state index in [0.717, 1.165) is 13.1 Å². The summed E-state index contributed by atoms with van der Waals surface area (Å²) in [4.78, 5) is 2.37. The predicted molar refractivity (Wildman–Crippen MR) is 118 cm³/mol. The summed E-state index contributed by atoms with van der Waals surface area (Å²) in [6.07, 6.45) is 9.23. The van der Waals surface area contributed by atoms with Gasteiger partial charge in [-0.15, -0.1) is 6.42 Å². The number of benzene rings is 1. The number of aliphatic hydroxyl groups is 1. The predicted octanol–water partition coefficient (Wildman–Crippen LogP) is 3.81. The first-order valence-corrected chi connectivity index (χ1v) is 10.5. The normalized spacial score (nSPS) is 15.4. The summed E-state index contributed by atoms with van der Waals surface area (Å²) in [5, 5.41) is 10.3. The number of hydrogen-bond donors (Lipinski definition) is 1. The average molecular weight is 395 g/mol. The topological polar surface area (TPSA) is 37.6 Å². The Morgan fingerprint density at radius 3 is 2.59 bits per heavy atom. The second-order valence-corrected chi connectivity index (χ2v) is 9.11. The lowest BCUT2D eigenvalue weighted by molar-refractivity contribution is 0.0238. The molecule has 1 aromatic heterocycles. The second kappa shape index (κ2) is 9.63. The van der Waals surface area contributed by atoms with Crippen LogP contribution in [-0.4, -0.2) is 46.5 Å². The van der Waals surface area contributed by atoms with E-state index in [0.29, 0.717) is 12.6 Å². The van der Waals surface area contributed by atoms with E-state index in [1.807, 2.05) is 0 Å². The van der Waals surface area contributed by atoms with E-state index in [9.17, 15) is 5.11 Å². The second-order valence-electron chi connectivity index (χ2n) is 9.11. The number of aromatic nitrogens is 1. The zero-order valence-corrected chi connectivity index (χ0v) is 18.0. The van der Waals surface area contributed by atoms with Crippen LogP contribution in [0, 0.1) is 12.3 Å². The lowest BCUT2D eigenvalue weighted by atomic mass is 9.87. The summed E-state index contributed by atoms with van der Waals surface area (Å²) < 4.78 is 7.61. The Bertz CT molecular complexity index is 807. The number of hydrogen-bond acceptors (Lipinski definition) is 3. The van der Waals surface area contributed by atoms with Gasteiger partial charge in [0.25, 0.3) is 0 Å². The Balaban J connectivity index is 1.62. The van der Waals surface area contributed by atoms with E-state index in [-0.39, 0.29) is 18.6 Å². The molecule has 0 radical (unpaired) electrons. The fraction of sp³-hybridized carbons (Fsp3) is 0.520. The summed E-state index contributed by atoms with van der Waals surface area (Å²) in [5.41, 5.74) is 4.10.